The number of rotatable bonds is 4. The van der Waals surface area contributed by atoms with E-state index in [1.807, 2.05) is 0 Å². The molecule has 1 saturated carbocycles. The Kier molecular flexibility index (Phi) is 4.99. The first kappa shape index (κ1) is 14.5. The molecule has 3 nitrogen and oxygen atoms in total. The highest BCUT2D eigenvalue weighted by atomic mass is 16.1. The molecular weight excluding hydrogens is 212 g/mol. The van der Waals surface area contributed by atoms with Crippen LogP contribution in [0.15, 0.2) is 0 Å². The van der Waals surface area contributed by atoms with Crippen molar-refractivity contribution in [3.8, 4) is 0 Å². The highest BCUT2D eigenvalue weighted by Gasteiger charge is 2.31. The van der Waals surface area contributed by atoms with Crippen molar-refractivity contribution < 1.29 is 4.79 Å². The normalized spacial score (nSPS) is 30.1. The highest BCUT2D eigenvalue weighted by Crippen LogP contribution is 2.28. The summed E-state index contributed by atoms with van der Waals surface area (Å²) in [5.41, 5.74) is 6.23. The van der Waals surface area contributed by atoms with Gasteiger partial charge in [0.25, 0.3) is 0 Å². The molecule has 0 saturated heterocycles. The second-order valence-electron chi connectivity index (χ2n) is 6.42. The Labute approximate surface area is 106 Å². The van der Waals surface area contributed by atoms with Crippen LogP contribution in [-0.4, -0.2) is 18.5 Å². The molecule has 3 unspecified atom stereocenters. The standard InChI is InChI=1S/C14H28N2O/c1-5-14(3,4)9-16-13(17)11-8-10(2)6-7-12(11)15/h10-12H,5-9,15H2,1-4H3,(H,16,17). The van der Waals surface area contributed by atoms with Crippen LogP contribution in [0.25, 0.3) is 0 Å². The molecular formula is C14H28N2O. The molecule has 1 fully saturated rings. The molecule has 0 aliphatic heterocycles. The summed E-state index contributed by atoms with van der Waals surface area (Å²) in [4.78, 5) is 12.1. The van der Waals surface area contributed by atoms with Crippen molar-refractivity contribution in [2.45, 2.75) is 59.4 Å². The van der Waals surface area contributed by atoms with Crippen molar-refractivity contribution in [3.05, 3.63) is 0 Å². The zero-order valence-corrected chi connectivity index (χ0v) is 11.8. The Morgan fingerprint density at radius 1 is 1.41 bits per heavy atom. The first-order valence-electron chi connectivity index (χ1n) is 6.89. The van der Waals surface area contributed by atoms with E-state index in [0.29, 0.717) is 5.92 Å². The molecule has 17 heavy (non-hydrogen) atoms. The summed E-state index contributed by atoms with van der Waals surface area (Å²) in [5.74, 6) is 0.807. The summed E-state index contributed by atoms with van der Waals surface area (Å²) >= 11 is 0. The van der Waals surface area contributed by atoms with Gasteiger partial charge in [-0.15, -0.1) is 0 Å². The average molecular weight is 240 g/mol. The second-order valence-corrected chi connectivity index (χ2v) is 6.42. The first-order valence-corrected chi connectivity index (χ1v) is 6.89. The topological polar surface area (TPSA) is 55.1 Å². The molecule has 1 aliphatic carbocycles. The van der Waals surface area contributed by atoms with Gasteiger partial charge >= 0.3 is 0 Å². The summed E-state index contributed by atoms with van der Waals surface area (Å²) < 4.78 is 0. The van der Waals surface area contributed by atoms with Crippen LogP contribution in [0.5, 0.6) is 0 Å². The SMILES string of the molecule is CCC(C)(C)CNC(=O)C1CC(C)CCC1N. The van der Waals surface area contributed by atoms with Crippen molar-refractivity contribution in [2.75, 3.05) is 6.54 Å². The van der Waals surface area contributed by atoms with Gasteiger partial charge in [0.1, 0.15) is 0 Å². The molecule has 0 bridgehead atoms. The average Bonchev–Trinajstić information content (AvgIpc) is 2.29. The highest BCUT2D eigenvalue weighted by molar-refractivity contribution is 5.79. The molecule has 0 aromatic carbocycles. The molecule has 3 N–H and O–H groups in total. The van der Waals surface area contributed by atoms with Crippen LogP contribution in [0.4, 0.5) is 0 Å². The zero-order valence-electron chi connectivity index (χ0n) is 11.8. The third-order valence-electron chi connectivity index (χ3n) is 4.20. The summed E-state index contributed by atoms with van der Waals surface area (Å²) in [5, 5.41) is 3.08. The van der Waals surface area contributed by atoms with Gasteiger partial charge < -0.3 is 11.1 Å². The maximum absolute atomic E-state index is 12.1. The quantitative estimate of drug-likeness (QED) is 0.792. The lowest BCUT2D eigenvalue weighted by molar-refractivity contribution is -0.127. The van der Waals surface area contributed by atoms with Gasteiger partial charge in [0.05, 0.1) is 5.92 Å². The number of nitrogens with one attached hydrogen (secondary N) is 1. The molecule has 0 aromatic rings. The maximum Gasteiger partial charge on any atom is 0.224 e. The number of hydrogen-bond donors (Lipinski definition) is 2. The number of carbonyl (C=O) groups is 1. The molecule has 0 radical (unpaired) electrons. The Balaban J connectivity index is 2.46. The molecule has 1 amide bonds. The van der Waals surface area contributed by atoms with Crippen LogP contribution in [0, 0.1) is 17.3 Å². The lowest BCUT2D eigenvalue weighted by atomic mass is 9.78. The van der Waals surface area contributed by atoms with Gasteiger partial charge in [-0.2, -0.15) is 0 Å². The minimum Gasteiger partial charge on any atom is -0.355 e. The number of nitrogens with two attached hydrogens (primary N) is 1. The van der Waals surface area contributed by atoms with Crippen molar-refractivity contribution in [3.63, 3.8) is 0 Å². The van der Waals surface area contributed by atoms with Crippen LogP contribution >= 0.6 is 0 Å². The summed E-state index contributed by atoms with van der Waals surface area (Å²) in [6, 6.07) is 0.0518. The fourth-order valence-corrected chi connectivity index (χ4v) is 2.29. The van der Waals surface area contributed by atoms with E-state index in [-0.39, 0.29) is 23.3 Å². The van der Waals surface area contributed by atoms with Gasteiger partial charge in [-0.1, -0.05) is 27.7 Å². The summed E-state index contributed by atoms with van der Waals surface area (Å²) in [7, 11) is 0. The van der Waals surface area contributed by atoms with E-state index in [9.17, 15) is 4.79 Å². The van der Waals surface area contributed by atoms with Gasteiger partial charge in [-0.3, -0.25) is 4.79 Å². The van der Waals surface area contributed by atoms with Gasteiger partial charge in [-0.05, 0) is 37.0 Å². The van der Waals surface area contributed by atoms with Gasteiger partial charge in [0, 0.05) is 12.6 Å². The van der Waals surface area contributed by atoms with Crippen LogP contribution < -0.4 is 11.1 Å². The third kappa shape index (κ3) is 4.30. The predicted octanol–water partition coefficient (Wildman–Crippen LogP) is 2.30. The van der Waals surface area contributed by atoms with Crippen molar-refractivity contribution in [2.24, 2.45) is 23.0 Å². The second kappa shape index (κ2) is 5.85. The van der Waals surface area contributed by atoms with Gasteiger partial charge in [0.2, 0.25) is 5.91 Å². The molecule has 100 valence electrons. The lowest BCUT2D eigenvalue weighted by Crippen LogP contribution is -2.47. The largest absolute Gasteiger partial charge is 0.355 e. The van der Waals surface area contributed by atoms with Crippen LogP contribution in [0.1, 0.15) is 53.4 Å². The van der Waals surface area contributed by atoms with E-state index in [0.717, 1.165) is 32.2 Å². The Morgan fingerprint density at radius 3 is 2.65 bits per heavy atom. The number of amides is 1. The van der Waals surface area contributed by atoms with Crippen LogP contribution in [0.2, 0.25) is 0 Å². The van der Waals surface area contributed by atoms with Crippen LogP contribution in [0.3, 0.4) is 0 Å². The Morgan fingerprint density at radius 2 is 2.06 bits per heavy atom. The maximum atomic E-state index is 12.1. The van der Waals surface area contributed by atoms with E-state index in [1.54, 1.807) is 0 Å². The Hall–Kier alpha value is -0.570. The molecule has 3 atom stereocenters. The van der Waals surface area contributed by atoms with E-state index in [1.165, 1.54) is 0 Å². The molecule has 0 heterocycles. The molecule has 3 heteroatoms. The van der Waals surface area contributed by atoms with E-state index in [4.69, 9.17) is 5.73 Å². The minimum absolute atomic E-state index is 0.0198. The predicted molar refractivity (Wildman–Crippen MR) is 71.6 cm³/mol. The zero-order chi connectivity index (χ0) is 13.1. The smallest absolute Gasteiger partial charge is 0.224 e. The van der Waals surface area contributed by atoms with Crippen LogP contribution in [-0.2, 0) is 4.79 Å². The molecule has 1 rings (SSSR count). The minimum atomic E-state index is 0.0198. The van der Waals surface area contributed by atoms with Crippen molar-refractivity contribution in [1.82, 2.24) is 5.32 Å². The third-order valence-corrected chi connectivity index (χ3v) is 4.20. The van der Waals surface area contributed by atoms with Crippen molar-refractivity contribution in [1.29, 1.82) is 0 Å². The molecule has 0 aromatic heterocycles. The fraction of sp³-hybridized carbons (Fsp3) is 0.929. The Bertz CT molecular complexity index is 263. The summed E-state index contributed by atoms with van der Waals surface area (Å²) in [6.45, 7) is 9.47. The number of carbonyl (C=O) groups excluding carboxylic acids is 1. The fourth-order valence-electron chi connectivity index (χ4n) is 2.29. The van der Waals surface area contributed by atoms with Gasteiger partial charge in [-0.25, -0.2) is 0 Å². The number of hydrogen-bond acceptors (Lipinski definition) is 2. The van der Waals surface area contributed by atoms with E-state index in [2.05, 4.69) is 33.0 Å². The lowest BCUT2D eigenvalue weighted by Gasteiger charge is -2.32. The van der Waals surface area contributed by atoms with E-state index >= 15 is 0 Å². The molecule has 1 aliphatic rings. The van der Waals surface area contributed by atoms with Crippen molar-refractivity contribution >= 4 is 5.91 Å². The monoisotopic (exact) mass is 240 g/mol. The van der Waals surface area contributed by atoms with Gasteiger partial charge in [0.15, 0.2) is 0 Å². The molecule has 0 spiro atoms. The first-order chi connectivity index (χ1) is 7.85. The summed E-state index contributed by atoms with van der Waals surface area (Å²) in [6.07, 6.45) is 4.15. The van der Waals surface area contributed by atoms with E-state index < -0.39 is 0 Å².